The van der Waals surface area contributed by atoms with Crippen LogP contribution in [0.2, 0.25) is 0 Å². The number of hydrogen-bond acceptors (Lipinski definition) is 4. The summed E-state index contributed by atoms with van der Waals surface area (Å²) in [6.07, 6.45) is 2.31. The van der Waals surface area contributed by atoms with E-state index < -0.39 is 11.7 Å². The van der Waals surface area contributed by atoms with E-state index in [1.807, 2.05) is 32.2 Å². The van der Waals surface area contributed by atoms with Crippen molar-refractivity contribution in [2.24, 2.45) is 4.99 Å². The zero-order valence-electron chi connectivity index (χ0n) is 21.0. The maximum absolute atomic E-state index is 14.0. The van der Waals surface area contributed by atoms with Gasteiger partial charge in [0.25, 0.3) is 0 Å². The number of hydrogen-bond donors (Lipinski definition) is 1. The number of nitrogens with zero attached hydrogens (tertiary/aromatic N) is 3. The molecule has 2 aliphatic rings. The number of anilines is 1. The Hall–Kier alpha value is -3.82. The highest BCUT2D eigenvalue weighted by Crippen LogP contribution is 2.35. The number of alkyl halides is 3. The van der Waals surface area contributed by atoms with Crippen molar-refractivity contribution in [3.63, 3.8) is 0 Å². The molecule has 1 saturated heterocycles. The minimum atomic E-state index is -4.45. The number of halogens is 3. The Balaban J connectivity index is 1.52. The second-order valence-corrected chi connectivity index (χ2v) is 9.19. The van der Waals surface area contributed by atoms with Gasteiger partial charge in [-0.05, 0) is 61.0 Å². The Labute approximate surface area is 216 Å². The predicted molar refractivity (Wildman–Crippen MR) is 144 cm³/mol. The van der Waals surface area contributed by atoms with Gasteiger partial charge in [-0.1, -0.05) is 36.6 Å². The largest absolute Gasteiger partial charge is 0.416 e. The van der Waals surface area contributed by atoms with E-state index in [9.17, 15) is 13.2 Å². The van der Waals surface area contributed by atoms with Crippen molar-refractivity contribution in [2.45, 2.75) is 19.6 Å². The summed E-state index contributed by atoms with van der Waals surface area (Å²) in [7, 11) is 2.02. The first-order valence-corrected chi connectivity index (χ1v) is 12.0. The Morgan fingerprint density at radius 2 is 1.89 bits per heavy atom. The number of piperazine rings is 1. The molecule has 2 aromatic rings. The highest BCUT2D eigenvalue weighted by molar-refractivity contribution is 5.77. The van der Waals surface area contributed by atoms with Gasteiger partial charge in [-0.15, -0.1) is 5.73 Å². The molecule has 0 amide bonds. The van der Waals surface area contributed by atoms with Crippen molar-refractivity contribution >= 4 is 17.6 Å². The summed E-state index contributed by atoms with van der Waals surface area (Å²) in [5.74, 6) is 6.22. The molecule has 1 N–H and O–H groups in total. The van der Waals surface area contributed by atoms with E-state index in [4.69, 9.17) is 0 Å². The second kappa shape index (κ2) is 11.5. The molecule has 0 radical (unpaired) electrons. The van der Waals surface area contributed by atoms with E-state index >= 15 is 0 Å². The van der Waals surface area contributed by atoms with Gasteiger partial charge in [-0.25, -0.2) is 0 Å². The molecule has 0 unspecified atom stereocenters. The third kappa shape index (κ3) is 7.12. The van der Waals surface area contributed by atoms with E-state index in [-0.39, 0.29) is 12.1 Å². The van der Waals surface area contributed by atoms with Gasteiger partial charge >= 0.3 is 6.18 Å². The van der Waals surface area contributed by atoms with Crippen LogP contribution >= 0.6 is 0 Å². The van der Waals surface area contributed by atoms with E-state index in [1.54, 1.807) is 36.7 Å². The van der Waals surface area contributed by atoms with E-state index in [0.717, 1.165) is 48.4 Å². The van der Waals surface area contributed by atoms with E-state index in [0.29, 0.717) is 11.4 Å². The molecule has 190 valence electrons. The first kappa shape index (κ1) is 26.2. The van der Waals surface area contributed by atoms with Crippen LogP contribution in [0.4, 0.5) is 18.9 Å². The average molecular weight is 503 g/mol. The number of aryl methyl sites for hydroxylation is 1. The highest BCUT2D eigenvalue weighted by Gasteiger charge is 2.34. The summed E-state index contributed by atoms with van der Waals surface area (Å²) < 4.78 is 41.9. The smallest absolute Gasteiger partial charge is 0.356 e. The molecule has 2 aromatic carbocycles. The van der Waals surface area contributed by atoms with Crippen LogP contribution < -0.4 is 5.32 Å². The van der Waals surface area contributed by atoms with Crippen LogP contribution in [0.3, 0.4) is 0 Å². The van der Waals surface area contributed by atoms with Gasteiger partial charge in [0.1, 0.15) is 0 Å². The van der Waals surface area contributed by atoms with Crippen LogP contribution in [-0.4, -0.2) is 49.2 Å². The Morgan fingerprint density at radius 3 is 2.65 bits per heavy atom. The van der Waals surface area contributed by atoms with Crippen LogP contribution in [0, 0.1) is 18.8 Å². The second-order valence-electron chi connectivity index (χ2n) is 9.19. The maximum atomic E-state index is 14.0. The molecule has 2 heterocycles. The average Bonchev–Trinajstić information content (AvgIpc) is 3.14. The van der Waals surface area contributed by atoms with Crippen LogP contribution in [0.5, 0.6) is 0 Å². The Kier molecular flexibility index (Phi) is 8.15. The summed E-state index contributed by atoms with van der Waals surface area (Å²) in [5.41, 5.74) is 6.70. The molecule has 0 aromatic heterocycles. The van der Waals surface area contributed by atoms with Gasteiger partial charge in [0.2, 0.25) is 0 Å². The van der Waals surface area contributed by atoms with E-state index in [2.05, 4.69) is 44.3 Å². The molecule has 0 spiro atoms. The number of aliphatic imine (C=N–C) groups is 1. The zero-order valence-corrected chi connectivity index (χ0v) is 21.0. The maximum Gasteiger partial charge on any atom is 0.416 e. The zero-order chi connectivity index (χ0) is 26.4. The SMILES string of the molecule is C=C(Nc1ccc(CN2CCN(C)CC2)c(C(F)(F)F)c1)c1ccc(C)c(C#CC2=CN=CC=C=C2)c1. The van der Waals surface area contributed by atoms with Crippen LogP contribution in [0.1, 0.15) is 27.8 Å². The van der Waals surface area contributed by atoms with E-state index in [1.165, 1.54) is 6.07 Å². The molecule has 4 rings (SSSR count). The quantitative estimate of drug-likeness (QED) is 0.410. The molecule has 0 aliphatic carbocycles. The minimum Gasteiger partial charge on any atom is -0.356 e. The highest BCUT2D eigenvalue weighted by atomic mass is 19.4. The molecule has 7 heteroatoms. The molecule has 0 bridgehead atoms. The molecule has 0 saturated carbocycles. The topological polar surface area (TPSA) is 30.9 Å². The lowest BCUT2D eigenvalue weighted by molar-refractivity contribution is -0.138. The summed E-state index contributed by atoms with van der Waals surface area (Å²) in [5, 5.41) is 3.05. The summed E-state index contributed by atoms with van der Waals surface area (Å²) in [6, 6.07) is 10.1. The molecule has 4 nitrogen and oxygen atoms in total. The molecule has 37 heavy (non-hydrogen) atoms. The van der Waals surface area contributed by atoms with Crippen LogP contribution in [-0.2, 0) is 12.7 Å². The summed E-state index contributed by atoms with van der Waals surface area (Å²) in [6.45, 7) is 9.49. The number of likely N-dealkylation sites (N-methyl/N-ethyl adjacent to an activating group) is 1. The summed E-state index contributed by atoms with van der Waals surface area (Å²) >= 11 is 0. The number of allylic oxidation sites excluding steroid dienone is 2. The molecular formula is C30H29F3N4. The van der Waals surface area contributed by atoms with Crippen molar-refractivity contribution in [1.82, 2.24) is 9.80 Å². The molecular weight excluding hydrogens is 473 g/mol. The number of nitrogens with one attached hydrogen (secondary N) is 1. The van der Waals surface area contributed by atoms with Crippen molar-refractivity contribution in [3.8, 4) is 11.8 Å². The number of benzene rings is 2. The first-order valence-electron chi connectivity index (χ1n) is 12.0. The molecule has 2 aliphatic heterocycles. The molecule has 1 fully saturated rings. The van der Waals surface area contributed by atoms with Gasteiger partial charge in [0.15, 0.2) is 0 Å². The summed E-state index contributed by atoms with van der Waals surface area (Å²) in [4.78, 5) is 8.34. The Bertz CT molecular complexity index is 1360. The fraction of sp³-hybridized carbons (Fsp3) is 0.267. The monoisotopic (exact) mass is 502 g/mol. The third-order valence-electron chi connectivity index (χ3n) is 6.34. The number of rotatable bonds is 5. The van der Waals surface area contributed by atoms with Gasteiger partial charge < -0.3 is 10.2 Å². The Morgan fingerprint density at radius 1 is 1.11 bits per heavy atom. The van der Waals surface area contributed by atoms with Crippen molar-refractivity contribution in [1.29, 1.82) is 0 Å². The lowest BCUT2D eigenvalue weighted by atomic mass is 10.0. The van der Waals surface area contributed by atoms with Crippen molar-refractivity contribution in [2.75, 3.05) is 38.5 Å². The normalized spacial score (nSPS) is 16.1. The lowest BCUT2D eigenvalue weighted by Crippen LogP contribution is -2.44. The molecule has 0 atom stereocenters. The van der Waals surface area contributed by atoms with Gasteiger partial charge in [-0.2, -0.15) is 13.2 Å². The van der Waals surface area contributed by atoms with Crippen LogP contribution in [0.15, 0.2) is 77.6 Å². The van der Waals surface area contributed by atoms with Crippen molar-refractivity contribution in [3.05, 3.63) is 100 Å². The van der Waals surface area contributed by atoms with Crippen molar-refractivity contribution < 1.29 is 13.2 Å². The van der Waals surface area contributed by atoms with Crippen LogP contribution in [0.25, 0.3) is 5.70 Å². The van der Waals surface area contributed by atoms with Gasteiger partial charge in [0, 0.05) is 62.1 Å². The van der Waals surface area contributed by atoms with Gasteiger partial charge in [-0.3, -0.25) is 9.89 Å². The lowest BCUT2D eigenvalue weighted by Gasteiger charge is -2.33. The standard InChI is InChI=1S/C30H29F3N4/c1-22-7-9-26(18-25(22)10-8-24-6-4-5-13-34-20-24)23(2)35-28-12-11-27(29(19-28)30(31,32)33)21-37-16-14-36(3)15-17-37/h5-7,9,11-13,18-20,35H,2,14-17,21H2,1,3H3. The third-order valence-corrected chi connectivity index (χ3v) is 6.34. The van der Waals surface area contributed by atoms with Gasteiger partial charge in [0.05, 0.1) is 11.1 Å². The fourth-order valence-corrected chi connectivity index (χ4v) is 4.09. The fourth-order valence-electron chi connectivity index (χ4n) is 4.09. The predicted octanol–water partition coefficient (Wildman–Crippen LogP) is 5.88. The minimum absolute atomic E-state index is 0.274. The first-order chi connectivity index (χ1) is 17.7.